The number of carbonyl (C=O) groups is 3. The van der Waals surface area contributed by atoms with E-state index in [9.17, 15) is 14.4 Å². The Bertz CT molecular complexity index is 866. The van der Waals surface area contributed by atoms with Crippen molar-refractivity contribution in [2.24, 2.45) is 0 Å². The first kappa shape index (κ1) is 18.6. The molecule has 2 aromatic carbocycles. The number of benzene rings is 2. The fourth-order valence-corrected chi connectivity index (χ4v) is 3.15. The first-order valence-corrected chi connectivity index (χ1v) is 8.92. The second-order valence-corrected chi connectivity index (χ2v) is 7.00. The third-order valence-corrected chi connectivity index (χ3v) is 4.82. The SMILES string of the molecule is Cc1ccccc1NC(=O)CN1C(=O)N[C@](C)(CCc2ccccc2)C1=O. The Balaban J connectivity index is 1.63. The maximum absolute atomic E-state index is 12.8. The molecule has 0 aromatic heterocycles. The van der Waals surface area contributed by atoms with Gasteiger partial charge in [-0.1, -0.05) is 48.5 Å². The van der Waals surface area contributed by atoms with Crippen molar-refractivity contribution in [3.8, 4) is 0 Å². The highest BCUT2D eigenvalue weighted by atomic mass is 16.2. The van der Waals surface area contributed by atoms with Gasteiger partial charge in [-0.15, -0.1) is 0 Å². The number of imide groups is 1. The monoisotopic (exact) mass is 365 g/mol. The van der Waals surface area contributed by atoms with Crippen LogP contribution in [-0.4, -0.2) is 34.8 Å². The molecule has 0 unspecified atom stereocenters. The zero-order valence-corrected chi connectivity index (χ0v) is 15.5. The van der Waals surface area contributed by atoms with Gasteiger partial charge in [0, 0.05) is 5.69 Å². The number of rotatable bonds is 6. The number of hydrogen-bond donors (Lipinski definition) is 2. The van der Waals surface area contributed by atoms with Gasteiger partial charge in [-0.05, 0) is 43.9 Å². The second-order valence-electron chi connectivity index (χ2n) is 7.00. The third kappa shape index (κ3) is 4.16. The molecule has 27 heavy (non-hydrogen) atoms. The van der Waals surface area contributed by atoms with Gasteiger partial charge in [0.05, 0.1) is 0 Å². The summed E-state index contributed by atoms with van der Waals surface area (Å²) in [5, 5.41) is 5.49. The van der Waals surface area contributed by atoms with Crippen molar-refractivity contribution < 1.29 is 14.4 Å². The minimum Gasteiger partial charge on any atom is -0.324 e. The molecule has 1 aliphatic rings. The lowest BCUT2D eigenvalue weighted by atomic mass is 9.93. The Kier molecular flexibility index (Phi) is 5.26. The summed E-state index contributed by atoms with van der Waals surface area (Å²) in [5.74, 6) is -0.775. The van der Waals surface area contributed by atoms with Gasteiger partial charge in [0.15, 0.2) is 0 Å². The molecular weight excluding hydrogens is 342 g/mol. The maximum Gasteiger partial charge on any atom is 0.325 e. The van der Waals surface area contributed by atoms with Gasteiger partial charge in [-0.25, -0.2) is 4.79 Å². The molecule has 1 fully saturated rings. The molecule has 0 radical (unpaired) electrons. The number of nitrogens with one attached hydrogen (secondary N) is 2. The molecule has 0 saturated carbocycles. The van der Waals surface area contributed by atoms with E-state index in [2.05, 4.69) is 10.6 Å². The van der Waals surface area contributed by atoms with Crippen LogP contribution < -0.4 is 10.6 Å². The predicted molar refractivity (Wildman–Crippen MR) is 103 cm³/mol. The molecule has 6 nitrogen and oxygen atoms in total. The third-order valence-electron chi connectivity index (χ3n) is 4.82. The molecule has 140 valence electrons. The summed E-state index contributed by atoms with van der Waals surface area (Å²) in [4.78, 5) is 38.4. The van der Waals surface area contributed by atoms with Crippen molar-refractivity contribution in [3.05, 3.63) is 65.7 Å². The normalized spacial score (nSPS) is 19.1. The minimum absolute atomic E-state index is 0.306. The maximum atomic E-state index is 12.8. The molecule has 6 heteroatoms. The predicted octanol–water partition coefficient (Wildman–Crippen LogP) is 2.88. The first-order chi connectivity index (χ1) is 12.9. The van der Waals surface area contributed by atoms with Crippen LogP contribution in [0.1, 0.15) is 24.5 Å². The molecular formula is C21H23N3O3. The fourth-order valence-electron chi connectivity index (χ4n) is 3.15. The van der Waals surface area contributed by atoms with Gasteiger partial charge in [0.1, 0.15) is 12.1 Å². The van der Waals surface area contributed by atoms with Crippen molar-refractivity contribution in [2.45, 2.75) is 32.2 Å². The van der Waals surface area contributed by atoms with Gasteiger partial charge < -0.3 is 10.6 Å². The minimum atomic E-state index is -1.00. The summed E-state index contributed by atoms with van der Waals surface area (Å²) in [7, 11) is 0. The van der Waals surface area contributed by atoms with Crippen molar-refractivity contribution in [3.63, 3.8) is 0 Å². The van der Waals surface area contributed by atoms with Crippen LogP contribution in [0.15, 0.2) is 54.6 Å². The average molecular weight is 365 g/mol. The second kappa shape index (κ2) is 7.61. The zero-order valence-electron chi connectivity index (χ0n) is 15.5. The molecule has 4 amide bonds. The molecule has 2 N–H and O–H groups in total. The van der Waals surface area contributed by atoms with Gasteiger partial charge in [0.2, 0.25) is 5.91 Å². The van der Waals surface area contributed by atoms with E-state index in [1.807, 2.05) is 55.5 Å². The molecule has 0 bridgehead atoms. The van der Waals surface area contributed by atoms with Crippen molar-refractivity contribution in [1.82, 2.24) is 10.2 Å². The highest BCUT2D eigenvalue weighted by Crippen LogP contribution is 2.23. The summed E-state index contributed by atoms with van der Waals surface area (Å²) in [6.45, 7) is 3.28. The van der Waals surface area contributed by atoms with Crippen molar-refractivity contribution in [1.29, 1.82) is 0 Å². The number of carbonyl (C=O) groups excluding carboxylic acids is 3. The smallest absolute Gasteiger partial charge is 0.324 e. The van der Waals surface area contributed by atoms with Crippen LogP contribution in [0.4, 0.5) is 10.5 Å². The van der Waals surface area contributed by atoms with Crippen LogP contribution in [0.2, 0.25) is 0 Å². The van der Waals surface area contributed by atoms with E-state index in [-0.39, 0.29) is 12.5 Å². The Morgan fingerprint density at radius 2 is 1.74 bits per heavy atom. The summed E-state index contributed by atoms with van der Waals surface area (Å²) in [6, 6.07) is 16.6. The van der Waals surface area contributed by atoms with E-state index in [0.29, 0.717) is 18.5 Å². The van der Waals surface area contributed by atoms with Gasteiger partial charge in [0.25, 0.3) is 5.91 Å². The van der Waals surface area contributed by atoms with Gasteiger partial charge >= 0.3 is 6.03 Å². The lowest BCUT2D eigenvalue weighted by Gasteiger charge is -2.21. The Morgan fingerprint density at radius 1 is 1.07 bits per heavy atom. The van der Waals surface area contributed by atoms with Crippen LogP contribution in [0.25, 0.3) is 0 Å². The number of hydrogen-bond acceptors (Lipinski definition) is 3. The standard InChI is InChI=1S/C21H23N3O3/c1-15-8-6-7-11-17(15)22-18(25)14-24-19(26)21(2,23-20(24)27)13-12-16-9-4-3-5-10-16/h3-11H,12-14H2,1-2H3,(H,22,25)(H,23,27)/t21-/m1/s1. The summed E-state index contributed by atoms with van der Waals surface area (Å²) in [5.41, 5.74) is 1.67. The topological polar surface area (TPSA) is 78.5 Å². The summed E-state index contributed by atoms with van der Waals surface area (Å²) >= 11 is 0. The van der Waals surface area contributed by atoms with Gasteiger partial charge in [-0.3, -0.25) is 14.5 Å². The molecule has 1 saturated heterocycles. The van der Waals surface area contributed by atoms with Crippen LogP contribution in [0, 0.1) is 6.92 Å². The lowest BCUT2D eigenvalue weighted by Crippen LogP contribution is -2.45. The number of para-hydroxylation sites is 1. The van der Waals surface area contributed by atoms with Crippen LogP contribution in [-0.2, 0) is 16.0 Å². The number of anilines is 1. The first-order valence-electron chi connectivity index (χ1n) is 8.92. The van der Waals surface area contributed by atoms with Crippen LogP contribution >= 0.6 is 0 Å². The molecule has 1 heterocycles. The largest absolute Gasteiger partial charge is 0.325 e. The molecule has 2 aromatic rings. The highest BCUT2D eigenvalue weighted by Gasteiger charge is 2.47. The number of aryl methyl sites for hydroxylation is 2. The number of amides is 4. The fraction of sp³-hybridized carbons (Fsp3) is 0.286. The summed E-state index contributed by atoms with van der Waals surface area (Å²) < 4.78 is 0. The Labute approximate surface area is 158 Å². The molecule has 1 atom stereocenters. The molecule has 1 aliphatic heterocycles. The molecule has 0 aliphatic carbocycles. The van der Waals surface area contributed by atoms with Crippen LogP contribution in [0.3, 0.4) is 0 Å². The number of urea groups is 1. The average Bonchev–Trinajstić information content (AvgIpc) is 2.86. The quantitative estimate of drug-likeness (QED) is 0.773. The van der Waals surface area contributed by atoms with Crippen LogP contribution in [0.5, 0.6) is 0 Å². The van der Waals surface area contributed by atoms with Crippen molar-refractivity contribution >= 4 is 23.5 Å². The lowest BCUT2D eigenvalue weighted by molar-refractivity contribution is -0.133. The zero-order chi connectivity index (χ0) is 19.4. The Hall–Kier alpha value is -3.15. The summed E-state index contributed by atoms with van der Waals surface area (Å²) in [6.07, 6.45) is 1.13. The molecule has 3 rings (SSSR count). The highest BCUT2D eigenvalue weighted by molar-refractivity contribution is 6.10. The Morgan fingerprint density at radius 3 is 2.44 bits per heavy atom. The van der Waals surface area contributed by atoms with E-state index >= 15 is 0 Å². The number of nitrogens with zero attached hydrogens (tertiary/aromatic N) is 1. The van der Waals surface area contributed by atoms with Gasteiger partial charge in [-0.2, -0.15) is 0 Å². The van der Waals surface area contributed by atoms with Crippen molar-refractivity contribution in [2.75, 3.05) is 11.9 Å². The van der Waals surface area contributed by atoms with E-state index in [1.165, 1.54) is 0 Å². The molecule has 0 spiro atoms. The van der Waals surface area contributed by atoms with E-state index in [0.717, 1.165) is 16.0 Å². The van der Waals surface area contributed by atoms with E-state index < -0.39 is 17.5 Å². The van der Waals surface area contributed by atoms with E-state index in [1.54, 1.807) is 13.0 Å². The van der Waals surface area contributed by atoms with E-state index in [4.69, 9.17) is 0 Å².